The van der Waals surface area contributed by atoms with Gasteiger partial charge in [-0.25, -0.2) is 4.39 Å². The molecule has 0 bridgehead atoms. The maximum absolute atomic E-state index is 14.0. The summed E-state index contributed by atoms with van der Waals surface area (Å²) in [5.41, 5.74) is 3.28. The number of carbonyl (C=O) groups is 1. The van der Waals surface area contributed by atoms with Gasteiger partial charge in [0.25, 0.3) is 5.91 Å². The fourth-order valence-corrected chi connectivity index (χ4v) is 3.12. The summed E-state index contributed by atoms with van der Waals surface area (Å²) < 4.78 is 14.9. The normalized spacial score (nSPS) is 17.5. The second-order valence-electron chi connectivity index (χ2n) is 5.36. The molecule has 1 aliphatic heterocycles. The Labute approximate surface area is 131 Å². The lowest BCUT2D eigenvalue weighted by Crippen LogP contribution is -2.41. The van der Waals surface area contributed by atoms with E-state index < -0.39 is 6.17 Å². The van der Waals surface area contributed by atoms with Gasteiger partial charge in [-0.1, -0.05) is 33.6 Å². The molecule has 3 rings (SSSR count). The van der Waals surface area contributed by atoms with Crippen LogP contribution in [0.2, 0.25) is 0 Å². The maximum Gasteiger partial charge on any atom is 0.258 e. The van der Waals surface area contributed by atoms with E-state index in [4.69, 9.17) is 0 Å². The number of benzene rings is 2. The van der Waals surface area contributed by atoms with Gasteiger partial charge >= 0.3 is 0 Å². The third-order valence-electron chi connectivity index (χ3n) is 3.66. The Bertz CT molecular complexity index is 701. The Morgan fingerprint density at radius 3 is 2.86 bits per heavy atom. The number of aryl methyl sites for hydroxylation is 1. The van der Waals surface area contributed by atoms with Crippen LogP contribution in [0.3, 0.4) is 0 Å². The minimum atomic E-state index is -1.03. The number of rotatable bonds is 1. The molecule has 0 N–H and O–H groups in total. The van der Waals surface area contributed by atoms with Crippen LogP contribution < -0.4 is 4.90 Å². The third-order valence-corrected chi connectivity index (χ3v) is 4.16. The zero-order valence-corrected chi connectivity index (χ0v) is 13.2. The van der Waals surface area contributed by atoms with Gasteiger partial charge in [-0.3, -0.25) is 4.79 Å². The highest BCUT2D eigenvalue weighted by molar-refractivity contribution is 9.10. The number of hydrogen-bond donors (Lipinski definition) is 0. The third kappa shape index (κ3) is 2.86. The van der Waals surface area contributed by atoms with Gasteiger partial charge < -0.3 is 4.90 Å². The van der Waals surface area contributed by atoms with E-state index in [0.29, 0.717) is 12.0 Å². The lowest BCUT2D eigenvalue weighted by atomic mass is 9.99. The van der Waals surface area contributed by atoms with Crippen LogP contribution in [-0.4, -0.2) is 18.6 Å². The van der Waals surface area contributed by atoms with Gasteiger partial charge in [0.1, 0.15) is 6.17 Å². The van der Waals surface area contributed by atoms with Crippen molar-refractivity contribution in [1.29, 1.82) is 0 Å². The van der Waals surface area contributed by atoms with Crippen molar-refractivity contribution in [2.75, 3.05) is 11.4 Å². The molecular weight excluding hydrogens is 333 g/mol. The number of anilines is 1. The fourth-order valence-electron chi connectivity index (χ4n) is 2.71. The van der Waals surface area contributed by atoms with Crippen LogP contribution in [-0.2, 0) is 6.42 Å². The molecule has 0 aromatic heterocycles. The van der Waals surface area contributed by atoms with Crippen molar-refractivity contribution in [3.05, 3.63) is 63.6 Å². The second-order valence-corrected chi connectivity index (χ2v) is 6.28. The minimum absolute atomic E-state index is 0.113. The molecule has 2 aromatic carbocycles. The van der Waals surface area contributed by atoms with Crippen molar-refractivity contribution >= 4 is 27.5 Å². The van der Waals surface area contributed by atoms with Crippen molar-refractivity contribution in [1.82, 2.24) is 0 Å². The molecule has 0 saturated carbocycles. The molecule has 21 heavy (non-hydrogen) atoms. The lowest BCUT2D eigenvalue weighted by molar-refractivity contribution is 0.0975. The highest BCUT2D eigenvalue weighted by Crippen LogP contribution is 2.32. The van der Waals surface area contributed by atoms with E-state index in [9.17, 15) is 9.18 Å². The lowest BCUT2D eigenvalue weighted by Gasteiger charge is -2.31. The van der Waals surface area contributed by atoms with E-state index in [1.807, 2.05) is 43.3 Å². The Morgan fingerprint density at radius 2 is 2.10 bits per heavy atom. The van der Waals surface area contributed by atoms with Crippen LogP contribution >= 0.6 is 15.9 Å². The Balaban J connectivity index is 2.01. The number of carbonyl (C=O) groups excluding carboxylic acids is 1. The largest absolute Gasteiger partial charge is 0.305 e. The predicted octanol–water partition coefficient (Wildman–Crippen LogP) is 4.30. The quantitative estimate of drug-likeness (QED) is 0.753. The monoisotopic (exact) mass is 347 g/mol. The molecule has 0 saturated heterocycles. The molecular formula is C17H15BrFNO. The highest BCUT2D eigenvalue weighted by atomic mass is 79.9. The van der Waals surface area contributed by atoms with Gasteiger partial charge in [-0.15, -0.1) is 0 Å². The van der Waals surface area contributed by atoms with E-state index in [-0.39, 0.29) is 12.5 Å². The Hall–Kier alpha value is -1.68. The molecule has 0 radical (unpaired) electrons. The number of halogens is 2. The highest BCUT2D eigenvalue weighted by Gasteiger charge is 2.29. The van der Waals surface area contributed by atoms with Crippen LogP contribution in [0.4, 0.5) is 10.1 Å². The van der Waals surface area contributed by atoms with E-state index in [2.05, 4.69) is 15.9 Å². The zero-order chi connectivity index (χ0) is 15.0. The molecule has 0 spiro atoms. The molecule has 0 fully saturated rings. The summed E-state index contributed by atoms with van der Waals surface area (Å²) in [7, 11) is 0. The van der Waals surface area contributed by atoms with Crippen molar-refractivity contribution in [3.8, 4) is 0 Å². The van der Waals surface area contributed by atoms with Gasteiger partial charge in [0.15, 0.2) is 0 Å². The number of amides is 1. The second kappa shape index (κ2) is 5.60. The first-order chi connectivity index (χ1) is 10.0. The molecule has 1 amide bonds. The summed E-state index contributed by atoms with van der Waals surface area (Å²) >= 11 is 3.40. The SMILES string of the molecule is Cc1cccc(C(=O)N2CC(F)Cc3cc(Br)ccc32)c1. The molecule has 0 aliphatic carbocycles. The van der Waals surface area contributed by atoms with Gasteiger partial charge in [0, 0.05) is 22.1 Å². The summed E-state index contributed by atoms with van der Waals surface area (Å²) in [5.74, 6) is -0.148. The molecule has 2 nitrogen and oxygen atoms in total. The molecule has 2 aromatic rings. The van der Waals surface area contributed by atoms with Crippen molar-refractivity contribution in [3.63, 3.8) is 0 Å². The molecule has 4 heteroatoms. The smallest absolute Gasteiger partial charge is 0.258 e. The maximum atomic E-state index is 14.0. The van der Waals surface area contributed by atoms with Gasteiger partial charge in [0.05, 0.1) is 6.54 Å². The molecule has 108 valence electrons. The summed E-state index contributed by atoms with van der Waals surface area (Å²) in [6.07, 6.45) is -0.674. The van der Waals surface area contributed by atoms with E-state index >= 15 is 0 Å². The van der Waals surface area contributed by atoms with Crippen LogP contribution in [0, 0.1) is 6.92 Å². The molecule has 1 aliphatic rings. The van der Waals surface area contributed by atoms with E-state index in [1.165, 1.54) is 0 Å². The summed E-state index contributed by atoms with van der Waals surface area (Å²) in [4.78, 5) is 14.2. The van der Waals surface area contributed by atoms with Gasteiger partial charge in [-0.05, 0) is 42.8 Å². The summed E-state index contributed by atoms with van der Waals surface area (Å²) in [6, 6.07) is 13.0. The number of alkyl halides is 1. The first-order valence-corrected chi connectivity index (χ1v) is 7.65. The topological polar surface area (TPSA) is 20.3 Å². The van der Waals surface area contributed by atoms with E-state index in [0.717, 1.165) is 21.3 Å². The van der Waals surface area contributed by atoms with Crippen LogP contribution in [0.5, 0.6) is 0 Å². The first kappa shape index (κ1) is 14.3. The van der Waals surface area contributed by atoms with Crippen molar-refractivity contribution < 1.29 is 9.18 Å². The molecule has 1 heterocycles. The standard InChI is InChI=1S/C17H15BrFNO/c1-11-3-2-4-12(7-11)17(21)20-10-15(19)9-13-8-14(18)5-6-16(13)20/h2-8,15H,9-10H2,1H3. The fraction of sp³-hybridized carbons (Fsp3) is 0.235. The van der Waals surface area contributed by atoms with Gasteiger partial charge in [0.2, 0.25) is 0 Å². The van der Waals surface area contributed by atoms with E-state index in [1.54, 1.807) is 11.0 Å². The van der Waals surface area contributed by atoms with Crippen LogP contribution in [0.1, 0.15) is 21.5 Å². The first-order valence-electron chi connectivity index (χ1n) is 6.85. The van der Waals surface area contributed by atoms with Crippen molar-refractivity contribution in [2.24, 2.45) is 0 Å². The number of hydrogen-bond acceptors (Lipinski definition) is 1. The molecule has 1 atom stereocenters. The van der Waals surface area contributed by atoms with Crippen LogP contribution in [0.25, 0.3) is 0 Å². The summed E-state index contributed by atoms with van der Waals surface area (Å²) in [5, 5.41) is 0. The molecule has 1 unspecified atom stereocenters. The predicted molar refractivity (Wildman–Crippen MR) is 85.6 cm³/mol. The summed E-state index contributed by atoms with van der Waals surface area (Å²) in [6.45, 7) is 2.05. The minimum Gasteiger partial charge on any atom is -0.305 e. The van der Waals surface area contributed by atoms with Gasteiger partial charge in [-0.2, -0.15) is 0 Å². The number of nitrogens with zero attached hydrogens (tertiary/aromatic N) is 1. The number of fused-ring (bicyclic) bond motifs is 1. The Kier molecular flexibility index (Phi) is 3.81. The average Bonchev–Trinajstić information content (AvgIpc) is 2.45. The van der Waals surface area contributed by atoms with Crippen LogP contribution in [0.15, 0.2) is 46.9 Å². The zero-order valence-electron chi connectivity index (χ0n) is 11.6. The average molecular weight is 348 g/mol. The Morgan fingerprint density at radius 1 is 1.29 bits per heavy atom. The van der Waals surface area contributed by atoms with Crippen molar-refractivity contribution in [2.45, 2.75) is 19.5 Å².